The quantitative estimate of drug-likeness (QED) is 0.266. The van der Waals surface area contributed by atoms with E-state index in [9.17, 15) is 19.3 Å². The monoisotopic (exact) mass is 443 g/mol. The molecule has 8 nitrogen and oxygen atoms in total. The van der Waals surface area contributed by atoms with Crippen LogP contribution in [0, 0.1) is 22.9 Å². The predicted molar refractivity (Wildman–Crippen MR) is 120 cm³/mol. The number of hydrogen-bond donors (Lipinski definition) is 0. The van der Waals surface area contributed by atoms with Crippen LogP contribution in [0.3, 0.4) is 0 Å². The molecule has 9 heteroatoms. The summed E-state index contributed by atoms with van der Waals surface area (Å²) in [5, 5.41) is 13.3. The van der Waals surface area contributed by atoms with Crippen LogP contribution in [0.4, 0.5) is 10.1 Å². The van der Waals surface area contributed by atoms with Gasteiger partial charge in [0.2, 0.25) is 5.71 Å². The Morgan fingerprint density at radius 2 is 2.00 bits per heavy atom. The minimum atomic E-state index is -0.643. The van der Waals surface area contributed by atoms with Crippen molar-refractivity contribution in [3.05, 3.63) is 92.4 Å². The molecule has 0 fully saturated rings. The molecule has 0 atom stereocenters. The number of benzene rings is 2. The maximum atomic E-state index is 15.0. The van der Waals surface area contributed by atoms with Gasteiger partial charge in [0, 0.05) is 35.6 Å². The lowest BCUT2D eigenvalue weighted by Gasteiger charge is -2.10. The molecule has 0 amide bonds. The van der Waals surface area contributed by atoms with Gasteiger partial charge >= 0.3 is 5.63 Å². The van der Waals surface area contributed by atoms with Crippen molar-refractivity contribution in [2.45, 2.75) is 13.5 Å². The van der Waals surface area contributed by atoms with Crippen LogP contribution in [0.1, 0.15) is 11.1 Å². The van der Waals surface area contributed by atoms with E-state index in [0.29, 0.717) is 38.2 Å². The van der Waals surface area contributed by atoms with E-state index in [2.05, 4.69) is 4.98 Å². The third-order valence-electron chi connectivity index (χ3n) is 6.01. The van der Waals surface area contributed by atoms with Crippen LogP contribution in [0.2, 0.25) is 0 Å². The summed E-state index contributed by atoms with van der Waals surface area (Å²) in [6.07, 6.45) is 2.91. The first-order valence-electron chi connectivity index (χ1n) is 10.1. The van der Waals surface area contributed by atoms with E-state index >= 15 is 0 Å². The van der Waals surface area contributed by atoms with Gasteiger partial charge in [0.25, 0.3) is 5.69 Å². The number of rotatable bonds is 3. The molecule has 0 bridgehead atoms. The molecule has 0 aliphatic heterocycles. The molecule has 33 heavy (non-hydrogen) atoms. The zero-order valence-electron chi connectivity index (χ0n) is 17.2. The van der Waals surface area contributed by atoms with Crippen LogP contribution < -0.4 is 5.63 Å². The molecule has 0 aliphatic rings. The lowest BCUT2D eigenvalue weighted by molar-refractivity contribution is -0.384. The highest BCUT2D eigenvalue weighted by Crippen LogP contribution is 2.39. The van der Waals surface area contributed by atoms with Crippen LogP contribution in [-0.2, 0) is 6.54 Å². The Morgan fingerprint density at radius 3 is 2.82 bits per heavy atom. The molecule has 6 rings (SSSR count). The molecule has 0 unspecified atom stereocenters. The van der Waals surface area contributed by atoms with Crippen LogP contribution in [0.25, 0.3) is 43.9 Å². The second-order valence-electron chi connectivity index (χ2n) is 7.84. The molecule has 0 N–H and O–H groups in total. The topological polar surface area (TPSA) is 104 Å². The molecular weight excluding hydrogens is 429 g/mol. The third kappa shape index (κ3) is 2.68. The first-order chi connectivity index (χ1) is 15.9. The molecule has 162 valence electrons. The molecule has 2 aromatic carbocycles. The Hall–Kier alpha value is -4.53. The summed E-state index contributed by atoms with van der Waals surface area (Å²) in [7, 11) is 0. The van der Waals surface area contributed by atoms with Gasteiger partial charge in [0.1, 0.15) is 16.9 Å². The van der Waals surface area contributed by atoms with Gasteiger partial charge in [0.05, 0.1) is 27.5 Å². The molecule has 0 saturated carbocycles. The van der Waals surface area contributed by atoms with Crippen molar-refractivity contribution >= 4 is 49.6 Å². The molecular formula is C24H14FN3O5. The Kier molecular flexibility index (Phi) is 3.91. The SMILES string of the molecule is Cc1ccc([N+](=O)[O-])cc1Cn1c2cc(F)c3ccoc3c2c2c3cccnc3oc(=O)c21. The van der Waals surface area contributed by atoms with Crippen molar-refractivity contribution in [2.75, 3.05) is 0 Å². The second-order valence-corrected chi connectivity index (χ2v) is 7.84. The number of non-ortho nitro benzene ring substituents is 1. The van der Waals surface area contributed by atoms with Gasteiger partial charge < -0.3 is 13.4 Å². The standard InChI is InChI=1S/C24H14FN3O5/c1-12-4-5-14(28(30)31)9-13(12)11-27-18-10-17(25)15-6-8-32-22(15)20(18)19-16-3-2-7-26-23(16)33-24(29)21(19)27/h2-10H,11H2,1H3. The summed E-state index contributed by atoms with van der Waals surface area (Å²) in [5.41, 5.74) is 1.79. The molecule has 0 aliphatic carbocycles. The summed E-state index contributed by atoms with van der Waals surface area (Å²) in [6, 6.07) is 10.9. The maximum absolute atomic E-state index is 15.0. The normalized spacial score (nSPS) is 11.8. The summed E-state index contributed by atoms with van der Waals surface area (Å²) in [4.78, 5) is 28.1. The minimum absolute atomic E-state index is 0.0716. The second kappa shape index (κ2) is 6.73. The van der Waals surface area contributed by atoms with Crippen LogP contribution in [0.15, 0.2) is 68.6 Å². The highest BCUT2D eigenvalue weighted by Gasteiger charge is 2.24. The summed E-state index contributed by atoms with van der Waals surface area (Å²) in [5.74, 6) is -0.502. The van der Waals surface area contributed by atoms with Gasteiger partial charge in [-0.15, -0.1) is 0 Å². The number of furan rings is 1. The number of pyridine rings is 1. The number of nitro benzene ring substituents is 1. The predicted octanol–water partition coefficient (Wildman–Crippen LogP) is 5.45. The number of halogens is 1. The van der Waals surface area contributed by atoms with E-state index in [1.165, 1.54) is 36.7 Å². The van der Waals surface area contributed by atoms with Crippen molar-refractivity contribution in [3.8, 4) is 0 Å². The Morgan fingerprint density at radius 1 is 1.15 bits per heavy atom. The highest BCUT2D eigenvalue weighted by atomic mass is 19.1. The molecule has 4 heterocycles. The average molecular weight is 443 g/mol. The number of fused-ring (bicyclic) bond motifs is 7. The number of hydrogen-bond acceptors (Lipinski definition) is 6. The zero-order chi connectivity index (χ0) is 22.9. The van der Waals surface area contributed by atoms with E-state index in [1.807, 2.05) is 6.92 Å². The van der Waals surface area contributed by atoms with Gasteiger partial charge in [0.15, 0.2) is 0 Å². The summed E-state index contributed by atoms with van der Waals surface area (Å²) < 4.78 is 27.7. The van der Waals surface area contributed by atoms with Gasteiger partial charge in [-0.2, -0.15) is 0 Å². The number of nitro groups is 1. The summed E-state index contributed by atoms with van der Waals surface area (Å²) in [6.45, 7) is 1.91. The van der Waals surface area contributed by atoms with Crippen molar-refractivity contribution < 1.29 is 18.1 Å². The fraction of sp³-hybridized carbons (Fsp3) is 0.0833. The zero-order valence-corrected chi connectivity index (χ0v) is 17.2. The van der Waals surface area contributed by atoms with Crippen molar-refractivity contribution in [1.29, 1.82) is 0 Å². The van der Waals surface area contributed by atoms with Crippen molar-refractivity contribution in [3.63, 3.8) is 0 Å². The molecule has 0 spiro atoms. The Balaban J connectivity index is 1.80. The van der Waals surface area contributed by atoms with Crippen molar-refractivity contribution in [2.24, 2.45) is 0 Å². The van der Waals surface area contributed by atoms with Crippen molar-refractivity contribution in [1.82, 2.24) is 9.55 Å². The van der Waals surface area contributed by atoms with Gasteiger partial charge in [-0.25, -0.2) is 14.2 Å². The highest BCUT2D eigenvalue weighted by molar-refractivity contribution is 6.25. The van der Waals surface area contributed by atoms with E-state index in [1.54, 1.807) is 22.8 Å². The number of aryl methyl sites for hydroxylation is 1. The maximum Gasteiger partial charge on any atom is 0.362 e. The van der Waals surface area contributed by atoms with Gasteiger partial charge in [-0.1, -0.05) is 6.07 Å². The molecule has 6 aromatic rings. The lowest BCUT2D eigenvalue weighted by Crippen LogP contribution is -2.09. The molecule has 4 aromatic heterocycles. The van der Waals surface area contributed by atoms with E-state index in [0.717, 1.165) is 5.56 Å². The first kappa shape index (κ1) is 19.2. The van der Waals surface area contributed by atoms with Crippen LogP contribution >= 0.6 is 0 Å². The first-order valence-corrected chi connectivity index (χ1v) is 10.1. The third-order valence-corrected chi connectivity index (χ3v) is 6.01. The van der Waals surface area contributed by atoms with E-state index in [4.69, 9.17) is 8.83 Å². The molecule has 0 radical (unpaired) electrons. The lowest BCUT2D eigenvalue weighted by atomic mass is 10.1. The number of aromatic nitrogens is 2. The fourth-order valence-corrected chi connectivity index (χ4v) is 4.45. The van der Waals surface area contributed by atoms with E-state index < -0.39 is 16.4 Å². The smallest absolute Gasteiger partial charge is 0.362 e. The Bertz CT molecular complexity index is 1830. The fourth-order valence-electron chi connectivity index (χ4n) is 4.45. The number of nitrogens with zero attached hydrogens (tertiary/aromatic N) is 3. The van der Waals surface area contributed by atoms with Gasteiger partial charge in [-0.05, 0) is 42.3 Å². The average Bonchev–Trinajstić information content (AvgIpc) is 3.39. The summed E-state index contributed by atoms with van der Waals surface area (Å²) >= 11 is 0. The van der Waals surface area contributed by atoms with Crippen LogP contribution in [0.5, 0.6) is 0 Å². The van der Waals surface area contributed by atoms with Gasteiger partial charge in [-0.3, -0.25) is 10.1 Å². The van der Waals surface area contributed by atoms with E-state index in [-0.39, 0.29) is 23.5 Å². The Labute approximate surface area is 183 Å². The molecule has 0 saturated heterocycles. The minimum Gasteiger partial charge on any atom is -0.463 e. The van der Waals surface area contributed by atoms with Crippen LogP contribution in [-0.4, -0.2) is 14.5 Å². The largest absolute Gasteiger partial charge is 0.463 e.